The van der Waals surface area contributed by atoms with Gasteiger partial charge >= 0.3 is 0 Å². The van der Waals surface area contributed by atoms with E-state index in [9.17, 15) is 4.79 Å². The van der Waals surface area contributed by atoms with Crippen molar-refractivity contribution in [1.29, 1.82) is 0 Å². The first-order valence-electron chi connectivity index (χ1n) is 14.1. The predicted octanol–water partition coefficient (Wildman–Crippen LogP) is 5.44. The lowest BCUT2D eigenvalue weighted by Crippen LogP contribution is -2.20. The summed E-state index contributed by atoms with van der Waals surface area (Å²) in [5.74, 6) is 2.49. The van der Waals surface area contributed by atoms with Crippen molar-refractivity contribution in [3.05, 3.63) is 82.8 Å². The molecular weight excluding hydrogens is 516 g/mol. The molecular formula is C32H38N6O3. The number of likely N-dealkylation sites (N-methyl/N-ethyl adjacent to an activating group) is 1. The summed E-state index contributed by atoms with van der Waals surface area (Å²) < 4.78 is 13.5. The topological polar surface area (TPSA) is 93.5 Å². The maximum atomic E-state index is 13.5. The highest BCUT2D eigenvalue weighted by molar-refractivity contribution is 6.06. The van der Waals surface area contributed by atoms with Gasteiger partial charge in [-0.15, -0.1) is 0 Å². The molecule has 2 N–H and O–H groups in total. The van der Waals surface area contributed by atoms with Gasteiger partial charge in [-0.1, -0.05) is 32.0 Å². The van der Waals surface area contributed by atoms with Gasteiger partial charge in [0.15, 0.2) is 0 Å². The van der Waals surface area contributed by atoms with Crippen LogP contribution in [0.15, 0.2) is 54.9 Å². The minimum absolute atomic E-state index is 0.0946. The van der Waals surface area contributed by atoms with Crippen LogP contribution in [-0.2, 0) is 25.7 Å². The number of carbonyl (C=O) groups is 1. The molecule has 0 saturated carbocycles. The van der Waals surface area contributed by atoms with Gasteiger partial charge in [-0.3, -0.25) is 4.79 Å². The van der Waals surface area contributed by atoms with Crippen molar-refractivity contribution < 1.29 is 14.3 Å². The van der Waals surface area contributed by atoms with Crippen molar-refractivity contribution in [2.75, 3.05) is 45.0 Å². The van der Waals surface area contributed by atoms with Gasteiger partial charge in [-0.2, -0.15) is 4.98 Å². The zero-order valence-electron chi connectivity index (χ0n) is 24.5. The van der Waals surface area contributed by atoms with E-state index in [-0.39, 0.29) is 5.91 Å². The van der Waals surface area contributed by atoms with Crippen LogP contribution in [0, 0.1) is 0 Å². The molecule has 0 bridgehead atoms. The van der Waals surface area contributed by atoms with Crippen molar-refractivity contribution in [3.63, 3.8) is 0 Å². The highest BCUT2D eigenvalue weighted by atomic mass is 16.5. The first kappa shape index (κ1) is 28.2. The van der Waals surface area contributed by atoms with E-state index < -0.39 is 0 Å². The molecule has 0 saturated heterocycles. The van der Waals surface area contributed by atoms with E-state index in [1.165, 1.54) is 0 Å². The lowest BCUT2D eigenvalue weighted by molar-refractivity contribution is 0.102. The number of nitrogens with one attached hydrogen (secondary N) is 2. The molecule has 41 heavy (non-hydrogen) atoms. The predicted molar refractivity (Wildman–Crippen MR) is 162 cm³/mol. The van der Waals surface area contributed by atoms with Crippen molar-refractivity contribution in [1.82, 2.24) is 19.4 Å². The van der Waals surface area contributed by atoms with Crippen molar-refractivity contribution in [2.24, 2.45) is 0 Å². The molecule has 1 aliphatic rings. The van der Waals surface area contributed by atoms with Gasteiger partial charge in [0.2, 0.25) is 5.95 Å². The molecule has 0 unspecified atom stereocenters. The Morgan fingerprint density at radius 2 is 1.85 bits per heavy atom. The number of amides is 1. The number of rotatable bonds is 11. The molecule has 0 aliphatic carbocycles. The number of carbonyl (C=O) groups excluding carboxylic acids is 1. The molecule has 1 amide bonds. The maximum Gasteiger partial charge on any atom is 0.257 e. The summed E-state index contributed by atoms with van der Waals surface area (Å²) in [4.78, 5) is 25.0. The van der Waals surface area contributed by atoms with E-state index in [1.54, 1.807) is 7.11 Å². The number of ether oxygens (including phenoxy) is 2. The molecule has 1 aliphatic heterocycles. The van der Waals surface area contributed by atoms with Crippen molar-refractivity contribution in [2.45, 2.75) is 39.5 Å². The van der Waals surface area contributed by atoms with Crippen LogP contribution in [0.5, 0.6) is 11.5 Å². The van der Waals surface area contributed by atoms with E-state index >= 15 is 0 Å². The second-order valence-electron chi connectivity index (χ2n) is 10.3. The molecule has 0 fully saturated rings. The monoisotopic (exact) mass is 554 g/mol. The fourth-order valence-electron chi connectivity index (χ4n) is 5.14. The molecule has 3 heterocycles. The standard InChI is InChI=1S/C32H38N6O3/c1-6-21-9-8-10-22(7-2)29(21)35-31(39)25-15-16-38-27(25)14-11-23-20-33-32(36-30(23)38)34-26-13-12-24(19-28(26)40-5)41-18-17-37(3)4/h8-10,12-13,15-16,19-20H,6-7,11,14,17-18H2,1-5H3,(H,35,39)(H,33,34,36). The first-order valence-corrected chi connectivity index (χ1v) is 14.1. The van der Waals surface area contributed by atoms with Crippen LogP contribution >= 0.6 is 0 Å². The van der Waals surface area contributed by atoms with E-state index in [4.69, 9.17) is 14.5 Å². The Hall–Kier alpha value is -4.37. The Morgan fingerprint density at radius 3 is 2.56 bits per heavy atom. The number of nitrogens with zero attached hydrogens (tertiary/aromatic N) is 4. The largest absolute Gasteiger partial charge is 0.494 e. The summed E-state index contributed by atoms with van der Waals surface area (Å²) in [6, 6.07) is 13.7. The van der Waals surface area contributed by atoms with E-state index in [2.05, 4.69) is 52.6 Å². The van der Waals surface area contributed by atoms with Crippen LogP contribution in [0.4, 0.5) is 17.3 Å². The number of benzene rings is 2. The van der Waals surface area contributed by atoms with Gasteiger partial charge in [0.1, 0.15) is 23.9 Å². The van der Waals surface area contributed by atoms with Crippen LogP contribution in [-0.4, -0.2) is 59.7 Å². The third kappa shape index (κ3) is 6.05. The smallest absolute Gasteiger partial charge is 0.257 e. The molecule has 0 radical (unpaired) electrons. The highest BCUT2D eigenvalue weighted by Gasteiger charge is 2.25. The van der Waals surface area contributed by atoms with Gasteiger partial charge in [0.25, 0.3) is 5.91 Å². The average Bonchev–Trinajstić information content (AvgIpc) is 3.42. The van der Waals surface area contributed by atoms with Crippen molar-refractivity contribution >= 4 is 23.2 Å². The Kier molecular flexibility index (Phi) is 8.54. The van der Waals surface area contributed by atoms with Gasteiger partial charge < -0.3 is 29.6 Å². The number of para-hydroxylation sites is 1. The van der Waals surface area contributed by atoms with E-state index in [0.29, 0.717) is 23.9 Å². The summed E-state index contributed by atoms with van der Waals surface area (Å²) in [5, 5.41) is 6.50. The number of methoxy groups -OCH3 is 1. The van der Waals surface area contributed by atoms with Crippen LogP contribution < -0.4 is 20.1 Å². The van der Waals surface area contributed by atoms with Crippen molar-refractivity contribution in [3.8, 4) is 17.3 Å². The Labute approximate surface area is 241 Å². The molecule has 214 valence electrons. The Morgan fingerprint density at radius 1 is 1.07 bits per heavy atom. The van der Waals surface area contributed by atoms with Gasteiger partial charge in [0, 0.05) is 41.9 Å². The number of aromatic nitrogens is 3. The lowest BCUT2D eigenvalue weighted by Gasteiger charge is -2.21. The number of aryl methyl sites for hydroxylation is 3. The van der Waals surface area contributed by atoms with Gasteiger partial charge in [-0.25, -0.2) is 4.98 Å². The molecule has 2 aromatic carbocycles. The number of anilines is 3. The van der Waals surface area contributed by atoms with Crippen LogP contribution in [0.2, 0.25) is 0 Å². The third-order valence-electron chi connectivity index (χ3n) is 7.40. The fraction of sp³-hybridized carbons (Fsp3) is 0.344. The molecule has 9 nitrogen and oxygen atoms in total. The first-order chi connectivity index (χ1) is 19.9. The molecule has 0 spiro atoms. The van der Waals surface area contributed by atoms with E-state index in [0.717, 1.165) is 77.6 Å². The number of hydrogen-bond donors (Lipinski definition) is 2. The van der Waals surface area contributed by atoms with E-state index in [1.807, 2.05) is 55.3 Å². The summed E-state index contributed by atoms with van der Waals surface area (Å²) >= 11 is 0. The fourth-order valence-corrected chi connectivity index (χ4v) is 5.14. The van der Waals surface area contributed by atoms with Crippen LogP contribution in [0.1, 0.15) is 46.6 Å². The third-order valence-corrected chi connectivity index (χ3v) is 7.40. The molecule has 9 heteroatoms. The molecule has 0 atom stereocenters. The second kappa shape index (κ2) is 12.4. The number of fused-ring (bicyclic) bond motifs is 3. The molecule has 5 rings (SSSR count). The SMILES string of the molecule is CCc1cccc(CC)c1NC(=O)c1ccn2c1CCc1cnc(Nc3ccc(OCCN(C)C)cc3OC)nc1-2. The summed E-state index contributed by atoms with van der Waals surface area (Å²) in [7, 11) is 5.64. The zero-order chi connectivity index (χ0) is 28.9. The normalized spacial score (nSPS) is 12.0. The second-order valence-corrected chi connectivity index (χ2v) is 10.3. The van der Waals surface area contributed by atoms with Crippen LogP contribution in [0.3, 0.4) is 0 Å². The summed E-state index contributed by atoms with van der Waals surface area (Å²) in [6.45, 7) is 5.62. The minimum Gasteiger partial charge on any atom is -0.494 e. The lowest BCUT2D eigenvalue weighted by atomic mass is 10.0. The quantitative estimate of drug-likeness (QED) is 0.255. The highest BCUT2D eigenvalue weighted by Crippen LogP contribution is 2.33. The Bertz CT molecular complexity index is 1520. The summed E-state index contributed by atoms with van der Waals surface area (Å²) in [5.41, 5.74) is 6.60. The maximum absolute atomic E-state index is 13.5. The Balaban J connectivity index is 1.37. The average molecular weight is 555 g/mol. The molecule has 4 aromatic rings. The molecule has 2 aromatic heterocycles. The number of hydrogen-bond acceptors (Lipinski definition) is 7. The zero-order valence-corrected chi connectivity index (χ0v) is 24.5. The van der Waals surface area contributed by atoms with Crippen LogP contribution in [0.25, 0.3) is 5.82 Å². The van der Waals surface area contributed by atoms with Gasteiger partial charge in [0.05, 0.1) is 18.4 Å². The van der Waals surface area contributed by atoms with Gasteiger partial charge in [-0.05, 0) is 69.1 Å². The summed E-state index contributed by atoms with van der Waals surface area (Å²) in [6.07, 6.45) is 6.98. The minimum atomic E-state index is -0.0946.